The number of phosphoric ester groups is 1. The van der Waals surface area contributed by atoms with Crippen LogP contribution < -0.4 is 5.73 Å². The van der Waals surface area contributed by atoms with Crippen molar-refractivity contribution in [3.05, 3.63) is 72.9 Å². The van der Waals surface area contributed by atoms with Crippen molar-refractivity contribution in [2.75, 3.05) is 26.4 Å². The van der Waals surface area contributed by atoms with Crippen LogP contribution in [0.15, 0.2) is 72.9 Å². The van der Waals surface area contributed by atoms with Gasteiger partial charge in [-0.1, -0.05) is 138 Å². The van der Waals surface area contributed by atoms with Crippen molar-refractivity contribution in [2.45, 2.75) is 148 Å². The Morgan fingerprint density at radius 1 is 0.608 bits per heavy atom. The molecule has 3 N–H and O–H groups in total. The van der Waals surface area contributed by atoms with Crippen LogP contribution >= 0.6 is 7.82 Å². The van der Waals surface area contributed by atoms with Gasteiger partial charge in [-0.15, -0.1) is 0 Å². The minimum absolute atomic E-state index is 0.0430. The van der Waals surface area contributed by atoms with Crippen LogP contribution in [-0.4, -0.2) is 49.3 Å². The summed E-state index contributed by atoms with van der Waals surface area (Å²) >= 11 is 0. The van der Waals surface area contributed by atoms with Crippen molar-refractivity contribution >= 4 is 19.8 Å². The number of phosphoric acid groups is 1. The Morgan fingerprint density at radius 2 is 1.08 bits per heavy atom. The van der Waals surface area contributed by atoms with E-state index in [9.17, 15) is 19.0 Å². The fraction of sp³-hybridized carbons (Fsp3) is 0.659. The van der Waals surface area contributed by atoms with E-state index in [0.717, 1.165) is 70.6 Å². The Morgan fingerprint density at radius 3 is 1.61 bits per heavy atom. The maximum atomic E-state index is 12.5. The summed E-state index contributed by atoms with van der Waals surface area (Å²) in [5.74, 6) is -0.890. The van der Waals surface area contributed by atoms with Crippen LogP contribution in [0.25, 0.3) is 0 Å². The summed E-state index contributed by atoms with van der Waals surface area (Å²) in [5, 5.41) is 0. The van der Waals surface area contributed by atoms with E-state index in [4.69, 9.17) is 24.3 Å². The van der Waals surface area contributed by atoms with E-state index in [-0.39, 0.29) is 32.6 Å². The number of rotatable bonds is 35. The average molecular weight is 736 g/mol. The predicted molar refractivity (Wildman–Crippen MR) is 210 cm³/mol. The lowest BCUT2D eigenvalue weighted by Gasteiger charge is -2.19. The number of ether oxygens (including phenoxy) is 2. The molecule has 9 nitrogen and oxygen atoms in total. The molecule has 0 rings (SSSR count). The second-order valence-corrected chi connectivity index (χ2v) is 13.9. The molecule has 51 heavy (non-hydrogen) atoms. The van der Waals surface area contributed by atoms with Crippen LogP contribution in [0.2, 0.25) is 0 Å². The summed E-state index contributed by atoms with van der Waals surface area (Å²) in [4.78, 5) is 34.6. The van der Waals surface area contributed by atoms with Crippen LogP contribution in [0, 0.1) is 0 Å². The van der Waals surface area contributed by atoms with Crippen molar-refractivity contribution in [3.63, 3.8) is 0 Å². The molecule has 0 aromatic carbocycles. The van der Waals surface area contributed by atoms with E-state index in [1.165, 1.54) is 38.5 Å². The van der Waals surface area contributed by atoms with Crippen LogP contribution in [0.4, 0.5) is 0 Å². The van der Waals surface area contributed by atoms with Gasteiger partial charge in [0.1, 0.15) is 6.61 Å². The first-order chi connectivity index (χ1) is 24.8. The molecule has 0 saturated carbocycles. The van der Waals surface area contributed by atoms with Crippen LogP contribution in [0.1, 0.15) is 142 Å². The van der Waals surface area contributed by atoms with Gasteiger partial charge in [0.15, 0.2) is 6.10 Å². The predicted octanol–water partition coefficient (Wildman–Crippen LogP) is 10.7. The number of nitrogens with two attached hydrogens (primary N) is 1. The second-order valence-electron chi connectivity index (χ2n) is 12.4. The molecule has 0 aromatic heterocycles. The molecule has 0 fully saturated rings. The molecule has 10 heteroatoms. The quantitative estimate of drug-likeness (QED) is 0.0282. The van der Waals surface area contributed by atoms with E-state index in [1.54, 1.807) is 0 Å². The minimum Gasteiger partial charge on any atom is -0.462 e. The molecule has 0 heterocycles. The number of hydrogen-bond donors (Lipinski definition) is 2. The third kappa shape index (κ3) is 37.0. The standard InChI is InChI=1S/C41H70NO8P/c1-3-5-7-9-11-13-14-15-16-17-18-19-20-21-22-23-24-26-28-30-32-34-41(44)50-39(38-49-51(45,46)48-36-35-42)37-47-40(43)33-31-29-27-25-12-10-8-6-4-2/h5,7,11,13,15-16,18-19,21-22,24,26,39H,3-4,6,8-10,12,14,17,20,23,25,27-38,42H2,1-2H3,(H,45,46)/b7-5-,13-11-,16-15-,19-18-,22-21-,26-24-. The van der Waals surface area contributed by atoms with Gasteiger partial charge in [-0.05, 0) is 64.2 Å². The highest BCUT2D eigenvalue weighted by Gasteiger charge is 2.25. The minimum atomic E-state index is -4.38. The molecular formula is C41H70NO8P. The summed E-state index contributed by atoms with van der Waals surface area (Å²) in [6.07, 6.45) is 43.7. The number of hydrogen-bond acceptors (Lipinski definition) is 8. The monoisotopic (exact) mass is 735 g/mol. The van der Waals surface area contributed by atoms with Gasteiger partial charge < -0.3 is 20.1 Å². The summed E-state index contributed by atoms with van der Waals surface area (Å²) < 4.78 is 32.6. The maximum absolute atomic E-state index is 12.5. The molecule has 0 aromatic rings. The lowest BCUT2D eigenvalue weighted by Crippen LogP contribution is -2.29. The summed E-state index contributed by atoms with van der Waals surface area (Å²) in [7, 11) is -4.38. The third-order valence-corrected chi connectivity index (χ3v) is 8.59. The number of unbranched alkanes of at least 4 members (excludes halogenated alkanes) is 10. The summed E-state index contributed by atoms with van der Waals surface area (Å²) in [6.45, 7) is 3.51. The maximum Gasteiger partial charge on any atom is 0.472 e. The normalized spacial score (nSPS) is 14.2. The van der Waals surface area contributed by atoms with Crippen molar-refractivity contribution < 1.29 is 37.6 Å². The van der Waals surface area contributed by atoms with E-state index in [0.29, 0.717) is 6.42 Å². The summed E-state index contributed by atoms with van der Waals surface area (Å²) in [5.41, 5.74) is 5.32. The second kappa shape index (κ2) is 37.2. The SMILES string of the molecule is CC/C=C\C/C=C\C/C=C\C/C=C\C/C=C\C/C=C\CCCCC(=O)OC(COC(=O)CCCCCCCCCCC)COP(=O)(O)OCCN. The van der Waals surface area contributed by atoms with Crippen molar-refractivity contribution in [3.8, 4) is 0 Å². The largest absolute Gasteiger partial charge is 0.472 e. The highest BCUT2D eigenvalue weighted by atomic mass is 31.2. The first-order valence-electron chi connectivity index (χ1n) is 19.4. The first kappa shape index (κ1) is 48.5. The molecule has 0 amide bonds. The zero-order chi connectivity index (χ0) is 37.5. The Bertz CT molecular complexity index is 1070. The van der Waals surface area contributed by atoms with Gasteiger partial charge in [0.05, 0.1) is 13.2 Å². The number of allylic oxidation sites excluding steroid dienone is 12. The van der Waals surface area contributed by atoms with E-state index >= 15 is 0 Å². The van der Waals surface area contributed by atoms with Gasteiger partial charge in [-0.25, -0.2) is 4.57 Å². The molecule has 0 aliphatic carbocycles. The van der Waals surface area contributed by atoms with Crippen molar-refractivity contribution in [2.24, 2.45) is 5.73 Å². The number of esters is 2. The molecule has 0 saturated heterocycles. The van der Waals surface area contributed by atoms with Crippen LogP contribution in [-0.2, 0) is 32.7 Å². The molecule has 292 valence electrons. The molecule has 0 spiro atoms. The molecule has 0 bridgehead atoms. The van der Waals surface area contributed by atoms with E-state index in [1.807, 2.05) is 0 Å². The van der Waals surface area contributed by atoms with E-state index in [2.05, 4.69) is 86.8 Å². The lowest BCUT2D eigenvalue weighted by molar-refractivity contribution is -0.161. The Labute approximate surface area is 310 Å². The molecule has 0 aliphatic rings. The summed E-state index contributed by atoms with van der Waals surface area (Å²) in [6, 6.07) is 0. The number of carbonyl (C=O) groups excluding carboxylic acids is 2. The number of carbonyl (C=O) groups is 2. The Kier molecular flexibility index (Phi) is 35.4. The molecule has 0 radical (unpaired) electrons. The fourth-order valence-electron chi connectivity index (χ4n) is 4.75. The van der Waals surface area contributed by atoms with E-state index < -0.39 is 32.5 Å². The molecule has 0 aliphatic heterocycles. The van der Waals surface area contributed by atoms with Gasteiger partial charge in [0.2, 0.25) is 0 Å². The van der Waals surface area contributed by atoms with Crippen molar-refractivity contribution in [1.82, 2.24) is 0 Å². The third-order valence-electron chi connectivity index (χ3n) is 7.61. The first-order valence-corrected chi connectivity index (χ1v) is 20.9. The molecule has 2 unspecified atom stereocenters. The van der Waals surface area contributed by atoms with Gasteiger partial charge in [-0.3, -0.25) is 18.6 Å². The fourth-order valence-corrected chi connectivity index (χ4v) is 5.52. The van der Waals surface area contributed by atoms with Gasteiger partial charge in [0.25, 0.3) is 0 Å². The molecule has 2 atom stereocenters. The van der Waals surface area contributed by atoms with Crippen LogP contribution in [0.5, 0.6) is 0 Å². The van der Waals surface area contributed by atoms with Gasteiger partial charge in [0, 0.05) is 19.4 Å². The topological polar surface area (TPSA) is 134 Å². The zero-order valence-electron chi connectivity index (χ0n) is 31.8. The zero-order valence-corrected chi connectivity index (χ0v) is 32.7. The Hall–Kier alpha value is -2.55. The van der Waals surface area contributed by atoms with Crippen molar-refractivity contribution in [1.29, 1.82) is 0 Å². The lowest BCUT2D eigenvalue weighted by atomic mass is 10.1. The smallest absolute Gasteiger partial charge is 0.462 e. The average Bonchev–Trinajstić information content (AvgIpc) is 3.11. The highest BCUT2D eigenvalue weighted by molar-refractivity contribution is 7.47. The van der Waals surface area contributed by atoms with Crippen LogP contribution in [0.3, 0.4) is 0 Å². The van der Waals surface area contributed by atoms with Gasteiger partial charge in [-0.2, -0.15) is 0 Å². The highest BCUT2D eigenvalue weighted by Crippen LogP contribution is 2.43. The van der Waals surface area contributed by atoms with Gasteiger partial charge >= 0.3 is 19.8 Å². The Balaban J connectivity index is 4.29. The molecular weight excluding hydrogens is 665 g/mol.